The van der Waals surface area contributed by atoms with Gasteiger partial charge in [0.1, 0.15) is 11.6 Å². The largest absolute Gasteiger partial charge is 0.506 e. The molecule has 1 aliphatic heterocycles. The number of benzene rings is 2. The molecule has 1 aliphatic rings. The first-order valence-electron chi connectivity index (χ1n) is 10.6. The first kappa shape index (κ1) is 22.6. The van der Waals surface area contributed by atoms with Crippen LogP contribution in [0.25, 0.3) is 0 Å². The minimum atomic E-state index is -0.318. The van der Waals surface area contributed by atoms with Gasteiger partial charge in [0.15, 0.2) is 6.54 Å². The number of aromatic hydroxyl groups is 1. The summed E-state index contributed by atoms with van der Waals surface area (Å²) in [4.78, 5) is 29.8. The molecule has 31 heavy (non-hydrogen) atoms. The average Bonchev–Trinajstić information content (AvgIpc) is 2.78. The Bertz CT molecular complexity index is 883. The van der Waals surface area contributed by atoms with Crippen molar-refractivity contribution in [3.8, 4) is 5.75 Å². The van der Waals surface area contributed by atoms with Gasteiger partial charge in [0.05, 0.1) is 38.4 Å². The van der Waals surface area contributed by atoms with Crippen LogP contribution >= 0.6 is 0 Å². The lowest BCUT2D eigenvalue weighted by Crippen LogP contribution is -3.15. The molecule has 2 amide bonds. The third-order valence-corrected chi connectivity index (χ3v) is 5.57. The number of piperazine rings is 1. The average molecular weight is 430 g/mol. The zero-order chi connectivity index (χ0) is 22.2. The van der Waals surface area contributed by atoms with Gasteiger partial charge in [-0.1, -0.05) is 24.3 Å². The van der Waals surface area contributed by atoms with Gasteiger partial charge in [-0.05, 0) is 36.8 Å². The maximum Gasteiger partial charge on any atom is 0.278 e. The second kappa shape index (κ2) is 10.8. The van der Waals surface area contributed by atoms with Crippen LogP contribution in [-0.4, -0.2) is 67.6 Å². The molecule has 0 bridgehead atoms. The summed E-state index contributed by atoms with van der Waals surface area (Å²) >= 11 is 0. The summed E-state index contributed by atoms with van der Waals surface area (Å²) in [5.74, 6) is -0.336. The van der Waals surface area contributed by atoms with Crippen molar-refractivity contribution in [2.45, 2.75) is 13.5 Å². The molecule has 0 radical (unpaired) electrons. The van der Waals surface area contributed by atoms with Gasteiger partial charge in [0, 0.05) is 13.1 Å². The molecule has 166 valence electrons. The van der Waals surface area contributed by atoms with E-state index in [1.807, 2.05) is 19.1 Å². The van der Waals surface area contributed by atoms with Crippen molar-refractivity contribution in [2.75, 3.05) is 50.7 Å². The molecule has 0 aliphatic carbocycles. The van der Waals surface area contributed by atoms with E-state index in [1.54, 1.807) is 29.2 Å². The van der Waals surface area contributed by atoms with Crippen LogP contribution in [0.15, 0.2) is 48.5 Å². The van der Waals surface area contributed by atoms with Crippen LogP contribution in [0.3, 0.4) is 0 Å². The van der Waals surface area contributed by atoms with Crippen molar-refractivity contribution in [3.63, 3.8) is 0 Å². The highest BCUT2D eigenvalue weighted by Crippen LogP contribution is 2.25. The Morgan fingerprint density at radius 3 is 2.45 bits per heavy atom. The summed E-state index contributed by atoms with van der Waals surface area (Å²) in [5, 5.41) is 12.8. The van der Waals surface area contributed by atoms with Crippen LogP contribution in [0.5, 0.6) is 5.75 Å². The summed E-state index contributed by atoms with van der Waals surface area (Å²) in [6, 6.07) is 13.2. The van der Waals surface area contributed by atoms with Gasteiger partial charge in [0.25, 0.3) is 5.91 Å². The minimum Gasteiger partial charge on any atom is -0.506 e. The summed E-state index contributed by atoms with van der Waals surface area (Å²) in [5.41, 5.74) is 1.62. The van der Waals surface area contributed by atoms with Crippen LogP contribution in [0.4, 0.5) is 10.1 Å². The molecule has 1 saturated heterocycles. The number of anilines is 1. The first-order valence-corrected chi connectivity index (χ1v) is 10.6. The van der Waals surface area contributed by atoms with Gasteiger partial charge in [-0.25, -0.2) is 4.39 Å². The highest BCUT2D eigenvalue weighted by atomic mass is 19.1. The lowest BCUT2D eigenvalue weighted by molar-refractivity contribution is -0.892. The number of phenolic OH excluding ortho intramolecular Hbond substituents is 1. The number of hydrogen-bond donors (Lipinski definition) is 3. The zero-order valence-electron chi connectivity index (χ0n) is 17.8. The molecule has 3 rings (SSSR count). The predicted molar refractivity (Wildman–Crippen MR) is 116 cm³/mol. The molecule has 2 aromatic rings. The van der Waals surface area contributed by atoms with Crippen molar-refractivity contribution in [1.82, 2.24) is 10.2 Å². The fourth-order valence-electron chi connectivity index (χ4n) is 3.71. The molecule has 2 aromatic carbocycles. The first-order chi connectivity index (χ1) is 15.0. The number of likely N-dealkylation sites (N-methyl/N-ethyl adjacent to an activating group) is 1. The number of carbonyl (C=O) groups excluding carboxylic acids is 2. The van der Waals surface area contributed by atoms with E-state index in [0.29, 0.717) is 19.6 Å². The molecule has 0 spiro atoms. The van der Waals surface area contributed by atoms with Crippen molar-refractivity contribution in [2.24, 2.45) is 0 Å². The maximum atomic E-state index is 13.0. The van der Waals surface area contributed by atoms with E-state index >= 15 is 0 Å². The molecular formula is C23H30FN4O3+. The van der Waals surface area contributed by atoms with E-state index in [0.717, 1.165) is 37.4 Å². The SMILES string of the molecule is CCN(CC(=O)NCc1ccc(F)cc1)C(=O)C[NH+]1CCN(c2ccccc2O)CC1. The van der Waals surface area contributed by atoms with Crippen LogP contribution in [-0.2, 0) is 16.1 Å². The van der Waals surface area contributed by atoms with Gasteiger partial charge in [-0.3, -0.25) is 9.59 Å². The topological polar surface area (TPSA) is 77.3 Å². The number of halogens is 1. The number of quaternary nitrogens is 1. The second-order valence-electron chi connectivity index (χ2n) is 7.71. The van der Waals surface area contributed by atoms with E-state index in [4.69, 9.17) is 0 Å². The Morgan fingerprint density at radius 1 is 1.13 bits per heavy atom. The highest BCUT2D eigenvalue weighted by molar-refractivity contribution is 5.85. The quantitative estimate of drug-likeness (QED) is 0.568. The zero-order valence-corrected chi connectivity index (χ0v) is 17.8. The van der Waals surface area contributed by atoms with Crippen molar-refractivity contribution >= 4 is 17.5 Å². The molecule has 8 heteroatoms. The van der Waals surface area contributed by atoms with E-state index in [1.165, 1.54) is 17.0 Å². The van der Waals surface area contributed by atoms with Crippen LogP contribution in [0.2, 0.25) is 0 Å². The number of amides is 2. The van der Waals surface area contributed by atoms with Gasteiger partial charge in [0.2, 0.25) is 5.91 Å². The summed E-state index contributed by atoms with van der Waals surface area (Å²) < 4.78 is 13.0. The number of para-hydroxylation sites is 2. The Kier molecular flexibility index (Phi) is 7.83. The van der Waals surface area contributed by atoms with Crippen molar-refractivity contribution in [3.05, 3.63) is 59.9 Å². The maximum absolute atomic E-state index is 13.0. The van der Waals surface area contributed by atoms with E-state index in [2.05, 4.69) is 10.2 Å². The lowest BCUT2D eigenvalue weighted by atomic mass is 10.2. The molecule has 7 nitrogen and oxygen atoms in total. The van der Waals surface area contributed by atoms with Gasteiger partial charge in [-0.2, -0.15) is 0 Å². The molecule has 0 saturated carbocycles. The van der Waals surface area contributed by atoms with Crippen molar-refractivity contribution in [1.29, 1.82) is 0 Å². The third kappa shape index (κ3) is 6.42. The highest BCUT2D eigenvalue weighted by Gasteiger charge is 2.26. The Labute approximate surface area is 182 Å². The summed E-state index contributed by atoms with van der Waals surface area (Å²) in [6.45, 7) is 6.04. The van der Waals surface area contributed by atoms with E-state index in [9.17, 15) is 19.1 Å². The van der Waals surface area contributed by atoms with Crippen molar-refractivity contribution < 1.29 is 24.0 Å². The Balaban J connectivity index is 1.43. The fraction of sp³-hybridized carbons (Fsp3) is 0.391. The number of nitrogens with zero attached hydrogens (tertiary/aromatic N) is 2. The van der Waals surface area contributed by atoms with E-state index in [-0.39, 0.29) is 29.9 Å². The summed E-state index contributed by atoms with van der Waals surface area (Å²) in [7, 11) is 0. The Hall–Kier alpha value is -3.13. The van der Waals surface area contributed by atoms with Crippen LogP contribution in [0, 0.1) is 5.82 Å². The second-order valence-corrected chi connectivity index (χ2v) is 7.71. The lowest BCUT2D eigenvalue weighted by Gasteiger charge is -2.34. The number of hydrogen-bond acceptors (Lipinski definition) is 4. The molecule has 3 N–H and O–H groups in total. The standard InChI is InChI=1S/C23H29FN4O3/c1-2-27(16-22(30)25-15-18-7-9-19(24)10-8-18)23(31)17-26-11-13-28(14-12-26)20-5-3-4-6-21(20)29/h3-10,29H,2,11-17H2,1H3,(H,25,30)/p+1. The van der Waals surface area contributed by atoms with E-state index < -0.39 is 0 Å². The summed E-state index contributed by atoms with van der Waals surface area (Å²) in [6.07, 6.45) is 0. The third-order valence-electron chi connectivity index (χ3n) is 5.57. The normalized spacial score (nSPS) is 14.3. The van der Waals surface area contributed by atoms with Gasteiger partial charge < -0.3 is 25.1 Å². The number of carbonyl (C=O) groups is 2. The van der Waals surface area contributed by atoms with Gasteiger partial charge >= 0.3 is 0 Å². The molecule has 0 unspecified atom stereocenters. The molecule has 1 fully saturated rings. The van der Waals surface area contributed by atoms with Crippen LogP contribution < -0.4 is 15.1 Å². The number of phenols is 1. The molecule has 0 aromatic heterocycles. The minimum absolute atomic E-state index is 0.00776. The molecule has 0 atom stereocenters. The molecule has 1 heterocycles. The van der Waals surface area contributed by atoms with Gasteiger partial charge in [-0.15, -0.1) is 0 Å². The smallest absolute Gasteiger partial charge is 0.278 e. The van der Waals surface area contributed by atoms with Crippen LogP contribution in [0.1, 0.15) is 12.5 Å². The number of rotatable bonds is 8. The number of nitrogens with one attached hydrogen (secondary N) is 2. The predicted octanol–water partition coefficient (Wildman–Crippen LogP) is 0.401. The Morgan fingerprint density at radius 2 is 1.81 bits per heavy atom. The molecular weight excluding hydrogens is 399 g/mol. The fourth-order valence-corrected chi connectivity index (χ4v) is 3.71. The monoisotopic (exact) mass is 429 g/mol.